The summed E-state index contributed by atoms with van der Waals surface area (Å²) in [6, 6.07) is 2.68. The van der Waals surface area contributed by atoms with Gasteiger partial charge < -0.3 is 10.2 Å². The van der Waals surface area contributed by atoms with E-state index in [0.717, 1.165) is 0 Å². The van der Waals surface area contributed by atoms with Crippen LogP contribution in [-0.4, -0.2) is 20.2 Å². The number of phenols is 2. The molecule has 66 valence electrons. The van der Waals surface area contributed by atoms with Gasteiger partial charge in [-0.1, -0.05) is 11.6 Å². The fourth-order valence-corrected chi connectivity index (χ4v) is 1.18. The molecule has 0 spiro atoms. The van der Waals surface area contributed by atoms with Gasteiger partial charge in [0, 0.05) is 0 Å². The van der Waals surface area contributed by atoms with E-state index in [4.69, 9.17) is 11.6 Å². The van der Waals surface area contributed by atoms with Crippen LogP contribution in [0.25, 0.3) is 11.0 Å². The molecule has 0 amide bonds. The summed E-state index contributed by atoms with van der Waals surface area (Å²) in [6.07, 6.45) is 1.31. The highest BCUT2D eigenvalue weighted by molar-refractivity contribution is 6.29. The Balaban J connectivity index is 2.92. The molecule has 4 nitrogen and oxygen atoms in total. The number of benzene rings is 1. The van der Waals surface area contributed by atoms with Gasteiger partial charge in [-0.05, 0) is 12.1 Å². The first-order valence-corrected chi connectivity index (χ1v) is 3.89. The normalized spacial score (nSPS) is 10.5. The van der Waals surface area contributed by atoms with Gasteiger partial charge in [0.2, 0.25) is 0 Å². The third-order valence-electron chi connectivity index (χ3n) is 1.63. The molecule has 0 bridgehead atoms. The van der Waals surface area contributed by atoms with E-state index in [9.17, 15) is 10.2 Å². The van der Waals surface area contributed by atoms with Crippen LogP contribution in [0.2, 0.25) is 5.15 Å². The molecular formula is C8H5ClN2O2. The first kappa shape index (κ1) is 8.07. The summed E-state index contributed by atoms with van der Waals surface area (Å²) in [5, 5.41) is 18.9. The zero-order valence-corrected chi connectivity index (χ0v) is 7.15. The predicted octanol–water partition coefficient (Wildman–Crippen LogP) is 1.69. The van der Waals surface area contributed by atoms with Crippen molar-refractivity contribution in [3.63, 3.8) is 0 Å². The van der Waals surface area contributed by atoms with E-state index in [-0.39, 0.29) is 27.7 Å². The lowest BCUT2D eigenvalue weighted by molar-refractivity contribution is 0.467. The molecule has 0 saturated carbocycles. The van der Waals surface area contributed by atoms with Crippen molar-refractivity contribution in [2.75, 3.05) is 0 Å². The van der Waals surface area contributed by atoms with Gasteiger partial charge >= 0.3 is 0 Å². The second kappa shape index (κ2) is 2.74. The molecule has 0 radical (unpaired) electrons. The average molecular weight is 197 g/mol. The topological polar surface area (TPSA) is 66.2 Å². The van der Waals surface area contributed by atoms with Gasteiger partial charge in [0.15, 0.2) is 0 Å². The molecule has 2 aromatic rings. The molecular weight excluding hydrogens is 192 g/mol. The smallest absolute Gasteiger partial charge is 0.148 e. The van der Waals surface area contributed by atoms with Crippen molar-refractivity contribution in [1.82, 2.24) is 9.97 Å². The lowest BCUT2D eigenvalue weighted by atomic mass is 10.2. The van der Waals surface area contributed by atoms with E-state index in [2.05, 4.69) is 9.97 Å². The Morgan fingerprint density at radius 1 is 1.08 bits per heavy atom. The Bertz CT molecular complexity index is 473. The van der Waals surface area contributed by atoms with Crippen LogP contribution in [0.3, 0.4) is 0 Å². The number of hydrogen-bond acceptors (Lipinski definition) is 4. The van der Waals surface area contributed by atoms with Crippen molar-refractivity contribution >= 4 is 22.6 Å². The van der Waals surface area contributed by atoms with Crippen molar-refractivity contribution in [3.05, 3.63) is 23.5 Å². The number of nitrogens with zero attached hydrogens (tertiary/aromatic N) is 2. The van der Waals surface area contributed by atoms with E-state index in [1.54, 1.807) is 0 Å². The van der Waals surface area contributed by atoms with E-state index in [1.165, 1.54) is 18.3 Å². The van der Waals surface area contributed by atoms with Crippen LogP contribution in [0.15, 0.2) is 18.3 Å². The summed E-state index contributed by atoms with van der Waals surface area (Å²) >= 11 is 5.58. The van der Waals surface area contributed by atoms with Crippen molar-refractivity contribution in [2.24, 2.45) is 0 Å². The van der Waals surface area contributed by atoms with Crippen molar-refractivity contribution in [1.29, 1.82) is 0 Å². The molecule has 1 aromatic heterocycles. The highest BCUT2D eigenvalue weighted by Crippen LogP contribution is 2.28. The zero-order valence-electron chi connectivity index (χ0n) is 6.40. The molecule has 0 aliphatic carbocycles. The second-order valence-corrected chi connectivity index (χ2v) is 2.88. The summed E-state index contributed by atoms with van der Waals surface area (Å²) in [4.78, 5) is 7.67. The van der Waals surface area contributed by atoms with E-state index in [0.29, 0.717) is 0 Å². The largest absolute Gasteiger partial charge is 0.506 e. The van der Waals surface area contributed by atoms with Crippen molar-refractivity contribution < 1.29 is 10.2 Å². The molecule has 0 unspecified atom stereocenters. The molecule has 5 heteroatoms. The van der Waals surface area contributed by atoms with Crippen LogP contribution in [-0.2, 0) is 0 Å². The monoisotopic (exact) mass is 196 g/mol. The van der Waals surface area contributed by atoms with E-state index < -0.39 is 0 Å². The summed E-state index contributed by atoms with van der Waals surface area (Å²) in [7, 11) is 0. The number of aromatic nitrogens is 2. The maximum atomic E-state index is 9.35. The fourth-order valence-electron chi connectivity index (χ4n) is 1.05. The second-order valence-electron chi connectivity index (χ2n) is 2.49. The molecule has 0 aliphatic rings. The van der Waals surface area contributed by atoms with Gasteiger partial charge in [-0.3, -0.25) is 0 Å². The molecule has 0 aliphatic heterocycles. The van der Waals surface area contributed by atoms with Gasteiger partial charge in [0.1, 0.15) is 27.7 Å². The predicted molar refractivity (Wildman–Crippen MR) is 47.9 cm³/mol. The number of fused-ring (bicyclic) bond motifs is 1. The van der Waals surface area contributed by atoms with Crippen LogP contribution in [0.4, 0.5) is 0 Å². The third-order valence-corrected chi connectivity index (χ3v) is 1.81. The number of halogens is 1. The van der Waals surface area contributed by atoms with Gasteiger partial charge in [-0.15, -0.1) is 0 Å². The molecule has 13 heavy (non-hydrogen) atoms. The minimum absolute atomic E-state index is 0.0306. The van der Waals surface area contributed by atoms with Crippen LogP contribution in [0.5, 0.6) is 11.5 Å². The maximum absolute atomic E-state index is 9.35. The fraction of sp³-hybridized carbons (Fsp3) is 0. The lowest BCUT2D eigenvalue weighted by Gasteiger charge is -2.01. The lowest BCUT2D eigenvalue weighted by Crippen LogP contribution is -1.85. The van der Waals surface area contributed by atoms with Crippen LogP contribution in [0, 0.1) is 0 Å². The Kier molecular flexibility index (Phi) is 1.70. The first-order valence-electron chi connectivity index (χ1n) is 3.51. The van der Waals surface area contributed by atoms with E-state index in [1.807, 2.05) is 0 Å². The van der Waals surface area contributed by atoms with E-state index >= 15 is 0 Å². The van der Waals surface area contributed by atoms with Gasteiger partial charge in [0.25, 0.3) is 0 Å². The van der Waals surface area contributed by atoms with Crippen molar-refractivity contribution in [2.45, 2.75) is 0 Å². The molecule has 0 atom stereocenters. The first-order chi connectivity index (χ1) is 6.18. The average Bonchev–Trinajstić information content (AvgIpc) is 2.12. The molecule has 2 N–H and O–H groups in total. The number of rotatable bonds is 0. The maximum Gasteiger partial charge on any atom is 0.148 e. The van der Waals surface area contributed by atoms with Gasteiger partial charge in [0.05, 0.1) is 6.20 Å². The van der Waals surface area contributed by atoms with Crippen LogP contribution < -0.4 is 0 Å². The number of aromatic hydroxyl groups is 2. The van der Waals surface area contributed by atoms with Crippen molar-refractivity contribution in [3.8, 4) is 11.5 Å². The number of phenolic OH excluding ortho intramolecular Hbond substituents is 2. The quantitative estimate of drug-likeness (QED) is 0.630. The summed E-state index contributed by atoms with van der Waals surface area (Å²) in [5.41, 5.74) is 0.442. The molecule has 2 rings (SSSR count). The van der Waals surface area contributed by atoms with Crippen LogP contribution >= 0.6 is 11.6 Å². The molecule has 1 aromatic carbocycles. The molecule has 0 fully saturated rings. The summed E-state index contributed by atoms with van der Waals surface area (Å²) < 4.78 is 0. The SMILES string of the molecule is Oc1ccc(O)c2nc(Cl)cnc12. The Morgan fingerprint density at radius 2 is 1.69 bits per heavy atom. The van der Waals surface area contributed by atoms with Crippen LogP contribution in [0.1, 0.15) is 0 Å². The van der Waals surface area contributed by atoms with Gasteiger partial charge in [-0.25, -0.2) is 9.97 Å². The Morgan fingerprint density at radius 3 is 2.38 bits per heavy atom. The Labute approximate surface area is 78.4 Å². The highest BCUT2D eigenvalue weighted by atomic mass is 35.5. The molecule has 1 heterocycles. The summed E-state index contributed by atoms with van der Waals surface area (Å²) in [6.45, 7) is 0. The third kappa shape index (κ3) is 1.25. The highest BCUT2D eigenvalue weighted by Gasteiger charge is 2.07. The summed E-state index contributed by atoms with van der Waals surface area (Å²) in [5.74, 6) is -0.0835. The minimum Gasteiger partial charge on any atom is -0.506 e. The number of hydrogen-bond donors (Lipinski definition) is 2. The molecule has 0 saturated heterocycles. The Hall–Kier alpha value is -1.55. The van der Waals surface area contributed by atoms with Gasteiger partial charge in [-0.2, -0.15) is 0 Å². The standard InChI is InChI=1S/C8H5ClN2O2/c9-6-3-10-7-4(12)1-2-5(13)8(7)11-6/h1-3,12-13H. The minimum atomic E-state index is -0.0530. The zero-order chi connectivity index (χ0) is 9.42.